The van der Waals surface area contributed by atoms with Crippen LogP contribution >= 0.6 is 0 Å². The van der Waals surface area contributed by atoms with Crippen molar-refractivity contribution in [2.75, 3.05) is 39.7 Å². The van der Waals surface area contributed by atoms with E-state index in [4.69, 9.17) is 4.84 Å². The Balaban J connectivity index is 1.84. The number of anilines is 1. The molecule has 0 spiro atoms. The second kappa shape index (κ2) is 7.98. The van der Waals surface area contributed by atoms with E-state index in [2.05, 4.69) is 0 Å². The minimum Gasteiger partial charge on any atom is -0.378 e. The van der Waals surface area contributed by atoms with E-state index in [1.807, 2.05) is 73.6 Å². The topological polar surface area (TPSA) is 53.1 Å². The molecular weight excluding hydrogens is 362 g/mol. The van der Waals surface area contributed by atoms with Gasteiger partial charge in [0, 0.05) is 40.4 Å². The SMILES string of the molecule is CN(C)c1ccc(C2C(S(=O)(=O)N(C)Cc3ccccc3)CON2C)cc1. The van der Waals surface area contributed by atoms with Crippen LogP contribution in [-0.2, 0) is 21.4 Å². The summed E-state index contributed by atoms with van der Waals surface area (Å²) in [5, 5.41) is 1.00. The van der Waals surface area contributed by atoms with Gasteiger partial charge >= 0.3 is 0 Å². The van der Waals surface area contributed by atoms with Crippen LogP contribution in [0.3, 0.4) is 0 Å². The molecule has 3 rings (SSSR count). The van der Waals surface area contributed by atoms with Crippen LogP contribution in [0.5, 0.6) is 0 Å². The van der Waals surface area contributed by atoms with Crippen molar-refractivity contribution in [3.63, 3.8) is 0 Å². The van der Waals surface area contributed by atoms with Crippen LogP contribution in [0.2, 0.25) is 0 Å². The maximum Gasteiger partial charge on any atom is 0.221 e. The monoisotopic (exact) mass is 389 g/mol. The summed E-state index contributed by atoms with van der Waals surface area (Å²) >= 11 is 0. The van der Waals surface area contributed by atoms with Gasteiger partial charge in [0.1, 0.15) is 5.25 Å². The van der Waals surface area contributed by atoms with Gasteiger partial charge in [-0.3, -0.25) is 4.84 Å². The van der Waals surface area contributed by atoms with Crippen molar-refractivity contribution in [1.29, 1.82) is 0 Å². The molecule has 1 aliphatic rings. The van der Waals surface area contributed by atoms with E-state index in [1.165, 1.54) is 4.31 Å². The second-order valence-electron chi connectivity index (χ2n) is 7.10. The lowest BCUT2D eigenvalue weighted by Gasteiger charge is -2.27. The summed E-state index contributed by atoms with van der Waals surface area (Å²) in [6.07, 6.45) is 0. The quantitative estimate of drug-likeness (QED) is 0.760. The number of hydrogen-bond acceptors (Lipinski definition) is 5. The molecule has 1 saturated heterocycles. The Morgan fingerprint density at radius 1 is 1.04 bits per heavy atom. The highest BCUT2D eigenvalue weighted by Gasteiger charge is 2.44. The van der Waals surface area contributed by atoms with Crippen LogP contribution in [-0.4, -0.2) is 57.8 Å². The van der Waals surface area contributed by atoms with Crippen LogP contribution in [0.15, 0.2) is 54.6 Å². The molecule has 0 aromatic heterocycles. The molecule has 0 saturated carbocycles. The van der Waals surface area contributed by atoms with E-state index in [9.17, 15) is 8.42 Å². The Morgan fingerprint density at radius 2 is 1.67 bits per heavy atom. The van der Waals surface area contributed by atoms with Crippen LogP contribution in [0.25, 0.3) is 0 Å². The fraction of sp³-hybridized carbons (Fsp3) is 0.400. The average molecular weight is 390 g/mol. The zero-order chi connectivity index (χ0) is 19.6. The van der Waals surface area contributed by atoms with Gasteiger partial charge in [0.15, 0.2) is 0 Å². The molecule has 1 aliphatic heterocycles. The van der Waals surface area contributed by atoms with E-state index in [0.29, 0.717) is 6.54 Å². The lowest BCUT2D eigenvalue weighted by Crippen LogP contribution is -2.40. The highest BCUT2D eigenvalue weighted by molar-refractivity contribution is 7.89. The first-order chi connectivity index (χ1) is 12.8. The van der Waals surface area contributed by atoms with Gasteiger partial charge in [-0.2, -0.15) is 5.06 Å². The minimum atomic E-state index is -3.54. The molecule has 2 unspecified atom stereocenters. The fourth-order valence-corrected chi connectivity index (χ4v) is 5.08. The second-order valence-corrected chi connectivity index (χ2v) is 9.36. The summed E-state index contributed by atoms with van der Waals surface area (Å²) in [7, 11) is 3.84. The van der Waals surface area contributed by atoms with Gasteiger partial charge < -0.3 is 4.90 Å². The first-order valence-corrected chi connectivity index (χ1v) is 10.4. The molecule has 2 aromatic rings. The zero-order valence-electron chi connectivity index (χ0n) is 16.2. The van der Waals surface area contributed by atoms with E-state index in [1.54, 1.807) is 19.2 Å². The third-order valence-electron chi connectivity index (χ3n) is 5.00. The third-order valence-corrected chi connectivity index (χ3v) is 7.16. The molecule has 0 amide bonds. The predicted octanol–water partition coefficient (Wildman–Crippen LogP) is 2.50. The lowest BCUT2D eigenvalue weighted by molar-refractivity contribution is -0.110. The molecular formula is C20H27N3O3S. The Morgan fingerprint density at radius 3 is 2.26 bits per heavy atom. The largest absolute Gasteiger partial charge is 0.378 e. The molecule has 6 nitrogen and oxygen atoms in total. The molecule has 0 bridgehead atoms. The Hall–Kier alpha value is -1.93. The van der Waals surface area contributed by atoms with E-state index >= 15 is 0 Å². The van der Waals surface area contributed by atoms with Crippen LogP contribution in [0, 0.1) is 0 Å². The molecule has 27 heavy (non-hydrogen) atoms. The molecule has 1 heterocycles. The van der Waals surface area contributed by atoms with Crippen molar-refractivity contribution in [3.05, 3.63) is 65.7 Å². The van der Waals surface area contributed by atoms with Crippen molar-refractivity contribution in [2.24, 2.45) is 0 Å². The number of nitrogens with zero attached hydrogens (tertiary/aromatic N) is 3. The number of hydroxylamine groups is 2. The van der Waals surface area contributed by atoms with Gasteiger partial charge in [-0.05, 0) is 23.3 Å². The molecule has 0 radical (unpaired) electrons. The van der Waals surface area contributed by atoms with E-state index < -0.39 is 15.3 Å². The van der Waals surface area contributed by atoms with Gasteiger partial charge in [0.2, 0.25) is 10.0 Å². The average Bonchev–Trinajstić information content (AvgIpc) is 3.05. The van der Waals surface area contributed by atoms with Gasteiger partial charge in [-0.15, -0.1) is 0 Å². The first-order valence-electron chi connectivity index (χ1n) is 8.93. The predicted molar refractivity (Wildman–Crippen MR) is 108 cm³/mol. The summed E-state index contributed by atoms with van der Waals surface area (Å²) in [6.45, 7) is 0.494. The highest BCUT2D eigenvalue weighted by atomic mass is 32.2. The van der Waals surface area contributed by atoms with Crippen molar-refractivity contribution in [3.8, 4) is 0 Å². The van der Waals surface area contributed by atoms with E-state index in [0.717, 1.165) is 16.8 Å². The molecule has 7 heteroatoms. The molecule has 2 aromatic carbocycles. The van der Waals surface area contributed by atoms with Crippen LogP contribution in [0.1, 0.15) is 17.2 Å². The van der Waals surface area contributed by atoms with Gasteiger partial charge in [0.05, 0.1) is 12.6 Å². The maximum atomic E-state index is 13.3. The molecule has 0 N–H and O–H groups in total. The molecule has 2 atom stereocenters. The Labute approximate surface area is 162 Å². The number of benzene rings is 2. The number of sulfonamides is 1. The highest BCUT2D eigenvalue weighted by Crippen LogP contribution is 2.35. The standard InChI is InChI=1S/C20H27N3O3S/c1-21(2)18-12-10-17(11-13-18)20-19(15-26-23(20)4)27(24,25)22(3)14-16-8-6-5-7-9-16/h5-13,19-20H,14-15H2,1-4H3. The summed E-state index contributed by atoms with van der Waals surface area (Å²) < 4.78 is 27.9. The van der Waals surface area contributed by atoms with Gasteiger partial charge in [-0.1, -0.05) is 42.5 Å². The van der Waals surface area contributed by atoms with Crippen LogP contribution < -0.4 is 4.90 Å². The zero-order valence-corrected chi connectivity index (χ0v) is 17.1. The van der Waals surface area contributed by atoms with Gasteiger partial charge in [-0.25, -0.2) is 12.7 Å². The first kappa shape index (κ1) is 19.8. The summed E-state index contributed by atoms with van der Waals surface area (Å²) in [4.78, 5) is 7.63. The summed E-state index contributed by atoms with van der Waals surface area (Å²) in [6, 6.07) is 17.2. The maximum absolute atomic E-state index is 13.3. The van der Waals surface area contributed by atoms with Crippen molar-refractivity contribution in [1.82, 2.24) is 9.37 Å². The fourth-order valence-electron chi connectivity index (χ4n) is 3.40. The van der Waals surface area contributed by atoms with Crippen molar-refractivity contribution in [2.45, 2.75) is 17.8 Å². The summed E-state index contributed by atoms with van der Waals surface area (Å²) in [5.74, 6) is 0. The Bertz CT molecular complexity index is 854. The normalized spacial score (nSPS) is 20.9. The Kier molecular flexibility index (Phi) is 5.86. The number of hydrogen-bond donors (Lipinski definition) is 0. The van der Waals surface area contributed by atoms with E-state index in [-0.39, 0.29) is 12.6 Å². The smallest absolute Gasteiger partial charge is 0.221 e. The minimum absolute atomic E-state index is 0.151. The number of rotatable bonds is 6. The van der Waals surface area contributed by atoms with Crippen LogP contribution in [0.4, 0.5) is 5.69 Å². The molecule has 1 fully saturated rings. The third kappa shape index (κ3) is 4.16. The van der Waals surface area contributed by atoms with Gasteiger partial charge in [0.25, 0.3) is 0 Å². The molecule has 0 aliphatic carbocycles. The molecule has 146 valence electrons. The van der Waals surface area contributed by atoms with Crippen molar-refractivity contribution >= 4 is 15.7 Å². The van der Waals surface area contributed by atoms with Crippen molar-refractivity contribution < 1.29 is 13.3 Å². The summed E-state index contributed by atoms with van der Waals surface area (Å²) in [5.41, 5.74) is 2.96. The lowest BCUT2D eigenvalue weighted by atomic mass is 10.0.